The quantitative estimate of drug-likeness (QED) is 0.578. The summed E-state index contributed by atoms with van der Waals surface area (Å²) >= 11 is 0. The summed E-state index contributed by atoms with van der Waals surface area (Å²) in [4.78, 5) is 36.9. The standard InChI is InChI=1S/C23H27F3N4O4/c1-16(2)30-13-20(33-15-17-3-6-19(7-4-17)34-23(24,25)26)12-29(14-22(30)32)21(31)8-5-18-11-27-9-10-28-18/h3-4,6-7,9-11,16,20H,5,8,12-15H2,1-2H3/t20-/m0/s1. The first kappa shape index (κ1) is 25.4. The minimum Gasteiger partial charge on any atom is -0.406 e. The number of alkyl halides is 3. The summed E-state index contributed by atoms with van der Waals surface area (Å²) in [6.07, 6.45) is 0.0801. The molecular formula is C23H27F3N4O4. The van der Waals surface area contributed by atoms with E-state index in [1.165, 1.54) is 29.2 Å². The third kappa shape index (κ3) is 7.68. The lowest BCUT2D eigenvalue weighted by Gasteiger charge is -2.27. The summed E-state index contributed by atoms with van der Waals surface area (Å²) < 4.78 is 46.9. The number of benzene rings is 1. The molecule has 0 bridgehead atoms. The number of carbonyl (C=O) groups excluding carboxylic acids is 2. The second-order valence-corrected chi connectivity index (χ2v) is 8.24. The topological polar surface area (TPSA) is 84.9 Å². The fraction of sp³-hybridized carbons (Fsp3) is 0.478. The van der Waals surface area contributed by atoms with E-state index in [2.05, 4.69) is 14.7 Å². The van der Waals surface area contributed by atoms with E-state index >= 15 is 0 Å². The molecule has 0 N–H and O–H groups in total. The van der Waals surface area contributed by atoms with Gasteiger partial charge in [-0.05, 0) is 38.0 Å². The molecule has 1 aliphatic rings. The first-order chi connectivity index (χ1) is 16.1. The highest BCUT2D eigenvalue weighted by atomic mass is 19.4. The molecule has 0 aliphatic carbocycles. The van der Waals surface area contributed by atoms with Crippen molar-refractivity contribution in [1.29, 1.82) is 0 Å². The molecule has 2 aromatic rings. The minimum atomic E-state index is -4.76. The molecular weight excluding hydrogens is 453 g/mol. The van der Waals surface area contributed by atoms with Gasteiger partial charge in [-0.15, -0.1) is 13.2 Å². The largest absolute Gasteiger partial charge is 0.573 e. The maximum absolute atomic E-state index is 12.9. The Morgan fingerprint density at radius 2 is 1.91 bits per heavy atom. The number of nitrogens with zero attached hydrogens (tertiary/aromatic N) is 4. The second-order valence-electron chi connectivity index (χ2n) is 8.24. The van der Waals surface area contributed by atoms with Crippen LogP contribution in [-0.4, -0.2) is 69.7 Å². The molecule has 2 heterocycles. The van der Waals surface area contributed by atoms with Gasteiger partial charge in [-0.1, -0.05) is 12.1 Å². The first-order valence-electron chi connectivity index (χ1n) is 10.9. The van der Waals surface area contributed by atoms with Gasteiger partial charge in [-0.25, -0.2) is 0 Å². The zero-order valence-electron chi connectivity index (χ0n) is 19.0. The van der Waals surface area contributed by atoms with Crippen molar-refractivity contribution in [2.75, 3.05) is 19.6 Å². The Labute approximate surface area is 195 Å². The van der Waals surface area contributed by atoms with E-state index in [1.807, 2.05) is 13.8 Å². The minimum absolute atomic E-state index is 0.0409. The van der Waals surface area contributed by atoms with E-state index < -0.39 is 12.5 Å². The Bertz CT molecular complexity index is 955. The monoisotopic (exact) mass is 480 g/mol. The molecule has 1 atom stereocenters. The summed E-state index contributed by atoms with van der Waals surface area (Å²) in [5.74, 6) is -0.670. The number of hydrogen-bond acceptors (Lipinski definition) is 6. The van der Waals surface area contributed by atoms with Gasteiger partial charge in [-0.2, -0.15) is 0 Å². The van der Waals surface area contributed by atoms with Crippen LogP contribution >= 0.6 is 0 Å². The summed E-state index contributed by atoms with van der Waals surface area (Å²) in [5, 5.41) is 0. The summed E-state index contributed by atoms with van der Waals surface area (Å²) in [6.45, 7) is 4.38. The summed E-state index contributed by atoms with van der Waals surface area (Å²) in [6, 6.07) is 5.31. The third-order valence-electron chi connectivity index (χ3n) is 5.30. The maximum atomic E-state index is 12.9. The van der Waals surface area contributed by atoms with Crippen molar-refractivity contribution in [3.63, 3.8) is 0 Å². The molecule has 1 aromatic heterocycles. The normalized spacial score (nSPS) is 17.1. The van der Waals surface area contributed by atoms with Gasteiger partial charge in [0.05, 0.1) is 24.9 Å². The van der Waals surface area contributed by atoms with Gasteiger partial charge in [0.1, 0.15) is 5.75 Å². The smallest absolute Gasteiger partial charge is 0.406 e. The molecule has 11 heteroatoms. The van der Waals surface area contributed by atoms with Crippen LogP contribution in [0.25, 0.3) is 0 Å². The Kier molecular flexibility index (Phi) is 8.43. The molecule has 0 spiro atoms. The predicted molar refractivity (Wildman–Crippen MR) is 115 cm³/mol. The van der Waals surface area contributed by atoms with E-state index in [-0.39, 0.29) is 49.7 Å². The predicted octanol–water partition coefficient (Wildman–Crippen LogP) is 2.97. The maximum Gasteiger partial charge on any atom is 0.573 e. The third-order valence-corrected chi connectivity index (χ3v) is 5.30. The van der Waals surface area contributed by atoms with Crippen LogP contribution in [0, 0.1) is 0 Å². The molecule has 1 aromatic carbocycles. The Morgan fingerprint density at radius 1 is 1.18 bits per heavy atom. The highest BCUT2D eigenvalue weighted by molar-refractivity contribution is 5.85. The Balaban J connectivity index is 1.63. The van der Waals surface area contributed by atoms with Gasteiger partial charge < -0.3 is 19.3 Å². The fourth-order valence-electron chi connectivity index (χ4n) is 3.59. The number of hydrogen-bond donors (Lipinski definition) is 0. The number of aryl methyl sites for hydroxylation is 1. The fourth-order valence-corrected chi connectivity index (χ4v) is 3.59. The van der Waals surface area contributed by atoms with Crippen molar-refractivity contribution in [2.24, 2.45) is 0 Å². The number of rotatable bonds is 8. The molecule has 8 nitrogen and oxygen atoms in total. The molecule has 0 radical (unpaired) electrons. The first-order valence-corrected chi connectivity index (χ1v) is 10.9. The van der Waals surface area contributed by atoms with Crippen molar-refractivity contribution in [3.8, 4) is 5.75 Å². The van der Waals surface area contributed by atoms with Crippen molar-refractivity contribution in [1.82, 2.24) is 19.8 Å². The molecule has 34 heavy (non-hydrogen) atoms. The van der Waals surface area contributed by atoms with Crippen LogP contribution in [-0.2, 0) is 27.4 Å². The molecule has 184 valence electrons. The number of halogens is 3. The van der Waals surface area contributed by atoms with Gasteiger partial charge >= 0.3 is 6.36 Å². The molecule has 0 unspecified atom stereocenters. The number of carbonyl (C=O) groups is 2. The lowest BCUT2D eigenvalue weighted by molar-refractivity contribution is -0.274. The Hall–Kier alpha value is -3.21. The van der Waals surface area contributed by atoms with Crippen LogP contribution in [0.3, 0.4) is 0 Å². The van der Waals surface area contributed by atoms with Crippen molar-refractivity contribution >= 4 is 11.8 Å². The summed E-state index contributed by atoms with van der Waals surface area (Å²) in [7, 11) is 0. The van der Waals surface area contributed by atoms with Crippen LogP contribution in [0.5, 0.6) is 5.75 Å². The number of amides is 2. The molecule has 1 fully saturated rings. The van der Waals surface area contributed by atoms with E-state index in [0.717, 1.165) is 0 Å². The van der Waals surface area contributed by atoms with Gasteiger partial charge in [0.2, 0.25) is 11.8 Å². The van der Waals surface area contributed by atoms with Crippen LogP contribution in [0.1, 0.15) is 31.5 Å². The molecule has 3 rings (SSSR count). The number of ether oxygens (including phenoxy) is 2. The van der Waals surface area contributed by atoms with Crippen molar-refractivity contribution < 1.29 is 32.2 Å². The van der Waals surface area contributed by atoms with Gasteiger partial charge in [0.25, 0.3) is 0 Å². The van der Waals surface area contributed by atoms with E-state index in [1.54, 1.807) is 23.5 Å². The lowest BCUT2D eigenvalue weighted by Crippen LogP contribution is -2.42. The average molecular weight is 480 g/mol. The zero-order valence-corrected chi connectivity index (χ0v) is 19.0. The lowest BCUT2D eigenvalue weighted by atomic mass is 10.2. The highest BCUT2D eigenvalue weighted by Gasteiger charge is 2.32. The van der Waals surface area contributed by atoms with Crippen molar-refractivity contribution in [2.45, 2.75) is 51.8 Å². The van der Waals surface area contributed by atoms with Crippen LogP contribution in [0.4, 0.5) is 13.2 Å². The molecule has 2 amide bonds. The van der Waals surface area contributed by atoms with E-state index in [0.29, 0.717) is 24.2 Å². The van der Waals surface area contributed by atoms with Gasteiger partial charge in [-0.3, -0.25) is 19.6 Å². The van der Waals surface area contributed by atoms with Crippen molar-refractivity contribution in [3.05, 3.63) is 54.1 Å². The molecule has 1 saturated heterocycles. The molecule has 0 saturated carbocycles. The molecule has 1 aliphatic heterocycles. The summed E-state index contributed by atoms with van der Waals surface area (Å²) in [5.41, 5.74) is 1.33. The highest BCUT2D eigenvalue weighted by Crippen LogP contribution is 2.23. The van der Waals surface area contributed by atoms with E-state index in [4.69, 9.17) is 4.74 Å². The average Bonchev–Trinajstić information content (AvgIpc) is 2.95. The van der Waals surface area contributed by atoms with Gasteiger partial charge in [0.15, 0.2) is 0 Å². The SMILES string of the molecule is CC(C)N1C[C@@H](OCc2ccc(OC(F)(F)F)cc2)CN(C(=O)CCc2cnccn2)CC1=O. The van der Waals surface area contributed by atoms with E-state index in [9.17, 15) is 22.8 Å². The zero-order chi connectivity index (χ0) is 24.7. The second kappa shape index (κ2) is 11.3. The van der Waals surface area contributed by atoms with Crippen LogP contribution < -0.4 is 4.74 Å². The van der Waals surface area contributed by atoms with Gasteiger partial charge in [0, 0.05) is 44.1 Å². The van der Waals surface area contributed by atoms with Crippen LogP contribution in [0.15, 0.2) is 42.9 Å². The Morgan fingerprint density at radius 3 is 2.53 bits per heavy atom. The number of aromatic nitrogens is 2. The van der Waals surface area contributed by atoms with Crippen LogP contribution in [0.2, 0.25) is 0 Å².